The van der Waals surface area contributed by atoms with E-state index in [0.717, 1.165) is 24.1 Å². The highest BCUT2D eigenvalue weighted by atomic mass is 16.5. The lowest BCUT2D eigenvalue weighted by Gasteiger charge is -2.21. The Hall–Kier alpha value is -2.95. The number of nitrogens with one attached hydrogen (secondary N) is 1. The number of allylic oxidation sites excluding steroid dienone is 2. The lowest BCUT2D eigenvalue weighted by atomic mass is 10.1. The van der Waals surface area contributed by atoms with Crippen molar-refractivity contribution in [3.05, 3.63) is 65.5 Å². The van der Waals surface area contributed by atoms with Crippen LogP contribution in [-0.4, -0.2) is 41.3 Å². The SMILES string of the molecule is C[N+]1=C2C=CC=CC2O/C(=C\c2ccc(C(=O)NC3CCCC3)cc2)C1=O. The quantitative estimate of drug-likeness (QED) is 0.664. The van der Waals surface area contributed by atoms with Gasteiger partial charge in [0.2, 0.25) is 17.6 Å². The number of benzene rings is 1. The van der Waals surface area contributed by atoms with E-state index < -0.39 is 0 Å². The topological polar surface area (TPSA) is 58.4 Å². The first-order chi connectivity index (χ1) is 13.1. The summed E-state index contributed by atoms with van der Waals surface area (Å²) in [7, 11) is 1.75. The Morgan fingerprint density at radius 2 is 1.93 bits per heavy atom. The molecule has 1 N–H and O–H groups in total. The molecule has 3 aliphatic rings. The van der Waals surface area contributed by atoms with Gasteiger partial charge in [0, 0.05) is 17.7 Å². The second-order valence-electron chi connectivity index (χ2n) is 7.16. The summed E-state index contributed by atoms with van der Waals surface area (Å²) >= 11 is 0. The van der Waals surface area contributed by atoms with Gasteiger partial charge < -0.3 is 10.1 Å². The van der Waals surface area contributed by atoms with Crippen molar-refractivity contribution in [1.82, 2.24) is 5.32 Å². The van der Waals surface area contributed by atoms with Gasteiger partial charge >= 0.3 is 5.91 Å². The lowest BCUT2D eigenvalue weighted by Crippen LogP contribution is -2.40. The van der Waals surface area contributed by atoms with Crippen molar-refractivity contribution in [2.45, 2.75) is 37.8 Å². The van der Waals surface area contributed by atoms with E-state index in [1.54, 1.807) is 29.8 Å². The van der Waals surface area contributed by atoms with Crippen LogP contribution in [0.15, 0.2) is 54.3 Å². The average molecular weight is 363 g/mol. The van der Waals surface area contributed by atoms with Crippen molar-refractivity contribution in [2.24, 2.45) is 0 Å². The lowest BCUT2D eigenvalue weighted by molar-refractivity contribution is -0.424. The minimum atomic E-state index is -0.250. The number of rotatable bonds is 3. The molecule has 2 aliphatic carbocycles. The highest BCUT2D eigenvalue weighted by molar-refractivity contribution is 6.05. The monoisotopic (exact) mass is 363 g/mol. The van der Waals surface area contributed by atoms with Crippen LogP contribution in [0.25, 0.3) is 6.08 Å². The molecule has 5 nitrogen and oxygen atoms in total. The highest BCUT2D eigenvalue weighted by Gasteiger charge is 2.37. The predicted molar refractivity (Wildman–Crippen MR) is 103 cm³/mol. The summed E-state index contributed by atoms with van der Waals surface area (Å²) in [6.45, 7) is 0. The molecule has 4 rings (SSSR count). The number of amides is 2. The molecule has 27 heavy (non-hydrogen) atoms. The number of hydrogen-bond acceptors (Lipinski definition) is 3. The van der Waals surface area contributed by atoms with Crippen LogP contribution in [0.3, 0.4) is 0 Å². The van der Waals surface area contributed by atoms with E-state index in [2.05, 4.69) is 5.32 Å². The number of carbonyl (C=O) groups excluding carboxylic acids is 2. The number of fused-ring (bicyclic) bond motifs is 1. The van der Waals surface area contributed by atoms with Crippen LogP contribution >= 0.6 is 0 Å². The van der Waals surface area contributed by atoms with E-state index in [4.69, 9.17) is 4.74 Å². The zero-order chi connectivity index (χ0) is 18.8. The minimum absolute atomic E-state index is 0.0378. The molecule has 0 bridgehead atoms. The van der Waals surface area contributed by atoms with Gasteiger partial charge in [-0.05, 0) is 42.7 Å². The number of nitrogens with zero attached hydrogens (tertiary/aromatic N) is 1. The van der Waals surface area contributed by atoms with Crippen LogP contribution in [0.4, 0.5) is 0 Å². The summed E-state index contributed by atoms with van der Waals surface area (Å²) in [5.41, 5.74) is 2.29. The number of ether oxygens (including phenoxy) is 1. The maximum Gasteiger partial charge on any atom is 0.454 e. The Bertz CT molecular complexity index is 885. The second kappa shape index (κ2) is 7.35. The maximum atomic E-state index is 12.5. The minimum Gasteiger partial charge on any atom is -0.465 e. The van der Waals surface area contributed by atoms with E-state index in [1.165, 1.54) is 12.8 Å². The largest absolute Gasteiger partial charge is 0.465 e. The first-order valence-corrected chi connectivity index (χ1v) is 9.41. The Kier molecular flexibility index (Phi) is 4.75. The zero-order valence-electron chi connectivity index (χ0n) is 15.4. The van der Waals surface area contributed by atoms with Gasteiger partial charge in [-0.3, -0.25) is 4.79 Å². The third kappa shape index (κ3) is 3.63. The molecular weight excluding hydrogens is 340 g/mol. The molecule has 1 aromatic carbocycles. The molecule has 138 valence electrons. The molecule has 1 fully saturated rings. The smallest absolute Gasteiger partial charge is 0.454 e. The number of carbonyl (C=O) groups is 2. The summed E-state index contributed by atoms with van der Waals surface area (Å²) in [5, 5.41) is 3.08. The normalized spacial score (nSPS) is 23.5. The second-order valence-corrected chi connectivity index (χ2v) is 7.16. The summed E-state index contributed by atoms with van der Waals surface area (Å²) in [6.07, 6.45) is 13.6. The van der Waals surface area contributed by atoms with Gasteiger partial charge in [0.15, 0.2) is 0 Å². The van der Waals surface area contributed by atoms with E-state index in [0.29, 0.717) is 17.4 Å². The molecule has 1 atom stereocenters. The van der Waals surface area contributed by atoms with Gasteiger partial charge in [0.05, 0.1) is 0 Å². The van der Waals surface area contributed by atoms with Crippen molar-refractivity contribution in [1.29, 1.82) is 0 Å². The Morgan fingerprint density at radius 1 is 1.19 bits per heavy atom. The van der Waals surface area contributed by atoms with Crippen LogP contribution in [0.1, 0.15) is 41.6 Å². The van der Waals surface area contributed by atoms with Crippen LogP contribution < -0.4 is 5.32 Å². The first-order valence-electron chi connectivity index (χ1n) is 9.41. The molecular formula is C22H23N2O3+. The fourth-order valence-corrected chi connectivity index (χ4v) is 3.70. The molecule has 0 spiro atoms. The van der Waals surface area contributed by atoms with Crippen molar-refractivity contribution in [2.75, 3.05) is 7.05 Å². The van der Waals surface area contributed by atoms with Crippen LogP contribution in [0.5, 0.6) is 0 Å². The number of hydrogen-bond donors (Lipinski definition) is 1. The molecule has 1 aromatic rings. The van der Waals surface area contributed by atoms with E-state index >= 15 is 0 Å². The summed E-state index contributed by atoms with van der Waals surface area (Å²) in [4.78, 5) is 24.9. The van der Waals surface area contributed by atoms with Gasteiger partial charge in [0.1, 0.15) is 7.05 Å². The molecule has 1 saturated carbocycles. The van der Waals surface area contributed by atoms with Gasteiger partial charge in [-0.2, -0.15) is 4.58 Å². The Morgan fingerprint density at radius 3 is 2.67 bits per heavy atom. The average Bonchev–Trinajstić information content (AvgIpc) is 3.19. The molecule has 0 aromatic heterocycles. The van der Waals surface area contributed by atoms with Crippen LogP contribution in [-0.2, 0) is 9.53 Å². The van der Waals surface area contributed by atoms with Gasteiger partial charge in [-0.1, -0.05) is 37.1 Å². The predicted octanol–water partition coefficient (Wildman–Crippen LogP) is 2.83. The Balaban J connectivity index is 1.50. The molecule has 5 heteroatoms. The standard InChI is InChI=1S/C22H22N2O3/c1-24-18-8-4-5-9-19(18)27-20(22(24)26)14-15-10-12-16(13-11-15)21(25)23-17-6-2-3-7-17/h4-5,8-14,17,19H,2-3,6-7H2,1H3/p+1/b20-14-. The van der Waals surface area contributed by atoms with Crippen molar-refractivity contribution >= 4 is 23.6 Å². The fraction of sp³-hybridized carbons (Fsp3) is 0.318. The van der Waals surface area contributed by atoms with E-state index in [9.17, 15) is 9.59 Å². The van der Waals surface area contributed by atoms with Gasteiger partial charge in [0.25, 0.3) is 5.91 Å². The molecule has 1 heterocycles. The third-order valence-corrected chi connectivity index (χ3v) is 5.27. The fourth-order valence-electron chi connectivity index (χ4n) is 3.70. The van der Waals surface area contributed by atoms with Crippen molar-refractivity contribution < 1.29 is 18.9 Å². The van der Waals surface area contributed by atoms with Gasteiger partial charge in [-0.25, -0.2) is 4.79 Å². The maximum absolute atomic E-state index is 12.5. The molecule has 2 amide bonds. The van der Waals surface area contributed by atoms with Crippen molar-refractivity contribution in [3.63, 3.8) is 0 Å². The summed E-state index contributed by atoms with van der Waals surface area (Å²) in [5.74, 6) is 0.0859. The summed E-state index contributed by atoms with van der Waals surface area (Å²) in [6, 6.07) is 7.54. The molecule has 0 radical (unpaired) electrons. The molecule has 1 aliphatic heterocycles. The zero-order valence-corrected chi connectivity index (χ0v) is 15.4. The van der Waals surface area contributed by atoms with Crippen molar-refractivity contribution in [3.8, 4) is 0 Å². The highest BCUT2D eigenvalue weighted by Crippen LogP contribution is 2.21. The van der Waals surface area contributed by atoms with E-state index in [-0.39, 0.29) is 17.9 Å². The van der Waals surface area contributed by atoms with Crippen LogP contribution in [0.2, 0.25) is 0 Å². The van der Waals surface area contributed by atoms with Gasteiger partial charge in [-0.15, -0.1) is 0 Å². The third-order valence-electron chi connectivity index (χ3n) is 5.27. The summed E-state index contributed by atoms with van der Waals surface area (Å²) < 4.78 is 7.47. The molecule has 1 unspecified atom stereocenters. The first kappa shape index (κ1) is 17.5. The van der Waals surface area contributed by atoms with E-state index in [1.807, 2.05) is 36.4 Å². The number of likely N-dealkylation sites (N-methyl/N-ethyl adjacent to an activating group) is 1. The Labute approximate surface area is 158 Å². The van der Waals surface area contributed by atoms with Crippen LogP contribution in [0, 0.1) is 0 Å². The molecule has 0 saturated heterocycles.